The average molecular weight is 264 g/mol. The molecule has 1 aromatic carbocycles. The van der Waals surface area contributed by atoms with E-state index in [9.17, 15) is 9.59 Å². The molecule has 0 aliphatic heterocycles. The molecule has 0 amide bonds. The highest BCUT2D eigenvalue weighted by Gasteiger charge is 2.21. The molecule has 0 radical (unpaired) electrons. The molecule has 0 unspecified atom stereocenters. The molecular formula is C15H20O4. The van der Waals surface area contributed by atoms with Crippen LogP contribution in [0.15, 0.2) is 24.3 Å². The Morgan fingerprint density at radius 3 is 2.26 bits per heavy atom. The molecule has 1 N–H and O–H groups in total. The van der Waals surface area contributed by atoms with Gasteiger partial charge in [-0.25, -0.2) is 4.79 Å². The second-order valence-electron chi connectivity index (χ2n) is 4.50. The molecule has 0 aliphatic rings. The lowest BCUT2D eigenvalue weighted by Gasteiger charge is -2.15. The number of rotatable bonds is 7. The van der Waals surface area contributed by atoms with Crippen molar-refractivity contribution in [3.63, 3.8) is 0 Å². The van der Waals surface area contributed by atoms with E-state index in [4.69, 9.17) is 9.84 Å². The first kappa shape index (κ1) is 15.2. The number of hydrogen-bond acceptors (Lipinski definition) is 3. The number of benzene rings is 1. The number of esters is 1. The van der Waals surface area contributed by atoms with Crippen LogP contribution in [0.5, 0.6) is 5.75 Å². The van der Waals surface area contributed by atoms with Crippen molar-refractivity contribution in [2.24, 2.45) is 5.92 Å². The maximum Gasteiger partial charge on any atom is 0.339 e. The van der Waals surface area contributed by atoms with Gasteiger partial charge in [0.05, 0.1) is 5.92 Å². The highest BCUT2D eigenvalue weighted by Crippen LogP contribution is 2.22. The lowest BCUT2D eigenvalue weighted by Crippen LogP contribution is -2.21. The van der Waals surface area contributed by atoms with E-state index < -0.39 is 5.97 Å². The summed E-state index contributed by atoms with van der Waals surface area (Å²) in [4.78, 5) is 23.1. The fraction of sp³-hybridized carbons (Fsp3) is 0.467. The smallest absolute Gasteiger partial charge is 0.339 e. The summed E-state index contributed by atoms with van der Waals surface area (Å²) in [5.74, 6) is -1.46. The molecule has 19 heavy (non-hydrogen) atoms. The lowest BCUT2D eigenvalue weighted by atomic mass is 9.98. The second kappa shape index (κ2) is 7.56. The van der Waals surface area contributed by atoms with Gasteiger partial charge in [0, 0.05) is 0 Å². The summed E-state index contributed by atoms with van der Waals surface area (Å²) in [6.45, 7) is 4.03. The van der Waals surface area contributed by atoms with Gasteiger partial charge in [-0.15, -0.1) is 0 Å². The Labute approximate surface area is 113 Å². The number of carboxylic acid groups (broad SMARTS) is 1. The SMILES string of the molecule is CCCC(CCC)C(=O)Oc1ccccc1C(=O)O. The minimum absolute atomic E-state index is 0.0163. The molecule has 0 aliphatic carbocycles. The van der Waals surface area contributed by atoms with Crippen molar-refractivity contribution < 1.29 is 19.4 Å². The molecule has 1 rings (SSSR count). The quantitative estimate of drug-likeness (QED) is 0.604. The minimum atomic E-state index is -1.09. The highest BCUT2D eigenvalue weighted by atomic mass is 16.5. The summed E-state index contributed by atoms with van der Waals surface area (Å²) >= 11 is 0. The minimum Gasteiger partial charge on any atom is -0.478 e. The van der Waals surface area contributed by atoms with Crippen LogP contribution in [0.1, 0.15) is 49.9 Å². The van der Waals surface area contributed by atoms with E-state index in [1.807, 2.05) is 13.8 Å². The molecule has 104 valence electrons. The first-order valence-corrected chi connectivity index (χ1v) is 6.64. The van der Waals surface area contributed by atoms with Gasteiger partial charge in [-0.1, -0.05) is 38.8 Å². The number of hydrogen-bond donors (Lipinski definition) is 1. The topological polar surface area (TPSA) is 63.6 Å². The summed E-state index contributed by atoms with van der Waals surface area (Å²) < 4.78 is 5.25. The van der Waals surface area contributed by atoms with E-state index >= 15 is 0 Å². The van der Waals surface area contributed by atoms with Crippen molar-refractivity contribution in [3.05, 3.63) is 29.8 Å². The van der Waals surface area contributed by atoms with Gasteiger partial charge in [0.25, 0.3) is 0 Å². The molecule has 4 heteroatoms. The van der Waals surface area contributed by atoms with E-state index in [0.29, 0.717) is 0 Å². The summed E-state index contributed by atoms with van der Waals surface area (Å²) in [5.41, 5.74) is 0.0163. The Balaban J connectivity index is 2.83. The molecule has 1 aromatic rings. The van der Waals surface area contributed by atoms with E-state index in [1.54, 1.807) is 12.1 Å². The largest absolute Gasteiger partial charge is 0.478 e. The van der Waals surface area contributed by atoms with Crippen LogP contribution in [-0.4, -0.2) is 17.0 Å². The summed E-state index contributed by atoms with van der Waals surface area (Å²) in [6, 6.07) is 6.20. The number of ether oxygens (including phenoxy) is 1. The van der Waals surface area contributed by atoms with Crippen molar-refractivity contribution >= 4 is 11.9 Å². The molecule has 0 heterocycles. The van der Waals surface area contributed by atoms with Gasteiger partial charge in [0.15, 0.2) is 0 Å². The van der Waals surface area contributed by atoms with Crippen LogP contribution in [0.4, 0.5) is 0 Å². The zero-order valence-electron chi connectivity index (χ0n) is 11.4. The molecule has 0 fully saturated rings. The maximum absolute atomic E-state index is 12.1. The molecule has 0 saturated heterocycles. The van der Waals surface area contributed by atoms with Gasteiger partial charge >= 0.3 is 11.9 Å². The fourth-order valence-corrected chi connectivity index (χ4v) is 2.00. The van der Waals surface area contributed by atoms with Crippen molar-refractivity contribution in [2.75, 3.05) is 0 Å². The van der Waals surface area contributed by atoms with Crippen LogP contribution in [0, 0.1) is 5.92 Å². The number of aromatic carboxylic acids is 1. The molecular weight excluding hydrogens is 244 g/mol. The van der Waals surface area contributed by atoms with E-state index in [0.717, 1.165) is 25.7 Å². The van der Waals surface area contributed by atoms with Crippen molar-refractivity contribution in [1.82, 2.24) is 0 Å². The van der Waals surface area contributed by atoms with Gasteiger partial charge in [0.2, 0.25) is 0 Å². The maximum atomic E-state index is 12.1. The first-order valence-electron chi connectivity index (χ1n) is 6.64. The molecule has 0 spiro atoms. The Bertz CT molecular complexity index is 434. The van der Waals surface area contributed by atoms with Crippen molar-refractivity contribution in [2.45, 2.75) is 39.5 Å². The standard InChI is InChI=1S/C15H20O4/c1-3-7-11(8-4-2)15(18)19-13-10-6-5-9-12(13)14(16)17/h5-6,9-11H,3-4,7-8H2,1-2H3,(H,16,17). The molecule has 4 nitrogen and oxygen atoms in total. The van der Waals surface area contributed by atoms with Crippen LogP contribution < -0.4 is 4.74 Å². The number of carbonyl (C=O) groups excluding carboxylic acids is 1. The monoisotopic (exact) mass is 264 g/mol. The third-order valence-electron chi connectivity index (χ3n) is 2.94. The zero-order valence-corrected chi connectivity index (χ0v) is 11.4. The first-order chi connectivity index (χ1) is 9.10. The predicted octanol–water partition coefficient (Wildman–Crippen LogP) is 3.51. The summed E-state index contributed by atoms with van der Waals surface area (Å²) in [7, 11) is 0. The van der Waals surface area contributed by atoms with E-state index in [1.165, 1.54) is 12.1 Å². The Kier molecular flexibility index (Phi) is 6.06. The van der Waals surface area contributed by atoms with Crippen LogP contribution in [0.3, 0.4) is 0 Å². The van der Waals surface area contributed by atoms with Gasteiger partial charge in [0.1, 0.15) is 11.3 Å². The number of para-hydroxylation sites is 1. The average Bonchev–Trinajstić information content (AvgIpc) is 2.38. The summed E-state index contributed by atoms with van der Waals surface area (Å²) in [5, 5.41) is 9.03. The van der Waals surface area contributed by atoms with Crippen LogP contribution in [0.2, 0.25) is 0 Å². The van der Waals surface area contributed by atoms with Gasteiger partial charge in [-0.3, -0.25) is 4.79 Å². The van der Waals surface area contributed by atoms with Gasteiger partial charge in [-0.2, -0.15) is 0 Å². The molecule has 0 saturated carbocycles. The van der Waals surface area contributed by atoms with E-state index in [2.05, 4.69) is 0 Å². The molecule has 0 aromatic heterocycles. The van der Waals surface area contributed by atoms with Gasteiger partial charge in [-0.05, 0) is 25.0 Å². The van der Waals surface area contributed by atoms with Crippen LogP contribution >= 0.6 is 0 Å². The molecule has 0 atom stereocenters. The Morgan fingerprint density at radius 2 is 1.74 bits per heavy atom. The second-order valence-corrected chi connectivity index (χ2v) is 4.50. The Hall–Kier alpha value is -1.84. The van der Waals surface area contributed by atoms with Crippen molar-refractivity contribution in [3.8, 4) is 5.75 Å². The highest BCUT2D eigenvalue weighted by molar-refractivity contribution is 5.92. The Morgan fingerprint density at radius 1 is 1.16 bits per heavy atom. The van der Waals surface area contributed by atoms with Gasteiger partial charge < -0.3 is 9.84 Å². The normalized spacial score (nSPS) is 10.5. The fourth-order valence-electron chi connectivity index (χ4n) is 2.00. The van der Waals surface area contributed by atoms with Crippen LogP contribution in [0.25, 0.3) is 0 Å². The lowest BCUT2D eigenvalue weighted by molar-refractivity contribution is -0.139. The summed E-state index contributed by atoms with van der Waals surface area (Å²) in [6.07, 6.45) is 3.34. The number of carbonyl (C=O) groups is 2. The third kappa shape index (κ3) is 4.39. The zero-order chi connectivity index (χ0) is 14.3. The van der Waals surface area contributed by atoms with E-state index in [-0.39, 0.29) is 23.2 Å². The third-order valence-corrected chi connectivity index (χ3v) is 2.94. The predicted molar refractivity (Wildman–Crippen MR) is 72.3 cm³/mol. The van der Waals surface area contributed by atoms with Crippen LogP contribution in [-0.2, 0) is 4.79 Å². The van der Waals surface area contributed by atoms with Crippen molar-refractivity contribution in [1.29, 1.82) is 0 Å². The molecule has 0 bridgehead atoms. The number of carboxylic acids is 1.